The van der Waals surface area contributed by atoms with Crippen LogP contribution in [0.2, 0.25) is 0 Å². The standard InChI is InChI=1S/C20H22N8O2S/c1-25-18(30)17-14(6-13-31-17)28-15(23-24-20(25)28)4-2-5-16(29)26-9-11-27(12-10-26)19-21-7-3-8-22-19/h3,6-8,13H,2,4-5,9-12H2,1H3. The largest absolute Gasteiger partial charge is 0.339 e. The molecule has 0 saturated carbocycles. The average molecular weight is 439 g/mol. The van der Waals surface area contributed by atoms with Gasteiger partial charge in [-0.2, -0.15) is 0 Å². The van der Waals surface area contributed by atoms with E-state index in [-0.39, 0.29) is 11.5 Å². The van der Waals surface area contributed by atoms with E-state index in [0.29, 0.717) is 48.8 Å². The lowest BCUT2D eigenvalue weighted by Crippen LogP contribution is -2.49. The summed E-state index contributed by atoms with van der Waals surface area (Å²) in [6, 6.07) is 3.72. The van der Waals surface area contributed by atoms with E-state index in [4.69, 9.17) is 0 Å². The number of hydrogen-bond acceptors (Lipinski definition) is 8. The van der Waals surface area contributed by atoms with E-state index < -0.39 is 0 Å². The normalized spacial score (nSPS) is 14.6. The summed E-state index contributed by atoms with van der Waals surface area (Å²) in [5.41, 5.74) is 0.764. The van der Waals surface area contributed by atoms with Crippen LogP contribution < -0.4 is 10.5 Å². The maximum Gasteiger partial charge on any atom is 0.272 e. The van der Waals surface area contributed by atoms with Crippen molar-refractivity contribution in [3.8, 4) is 0 Å². The molecule has 4 aromatic heterocycles. The molecule has 0 spiro atoms. The Morgan fingerprint density at radius 1 is 1.13 bits per heavy atom. The monoisotopic (exact) mass is 438 g/mol. The van der Waals surface area contributed by atoms with Gasteiger partial charge in [-0.25, -0.2) is 9.97 Å². The van der Waals surface area contributed by atoms with Crippen LogP contribution in [0.5, 0.6) is 0 Å². The van der Waals surface area contributed by atoms with Crippen LogP contribution in [0.15, 0.2) is 34.7 Å². The Bertz CT molecular complexity index is 1290. The molecule has 0 aromatic carbocycles. The van der Waals surface area contributed by atoms with Gasteiger partial charge in [-0.15, -0.1) is 21.5 Å². The minimum absolute atomic E-state index is 0.0633. The quantitative estimate of drug-likeness (QED) is 0.460. The van der Waals surface area contributed by atoms with Crippen LogP contribution in [0.3, 0.4) is 0 Å². The van der Waals surface area contributed by atoms with Gasteiger partial charge in [0.15, 0.2) is 0 Å². The van der Waals surface area contributed by atoms with Crippen molar-refractivity contribution in [3.05, 3.63) is 46.1 Å². The Morgan fingerprint density at radius 2 is 1.90 bits per heavy atom. The molecule has 0 unspecified atom stereocenters. The molecule has 4 aromatic rings. The Kier molecular flexibility index (Phi) is 5.10. The van der Waals surface area contributed by atoms with Gasteiger partial charge in [0.2, 0.25) is 17.6 Å². The Morgan fingerprint density at radius 3 is 2.68 bits per heavy atom. The lowest BCUT2D eigenvalue weighted by atomic mass is 10.2. The Hall–Kier alpha value is -3.34. The van der Waals surface area contributed by atoms with Gasteiger partial charge < -0.3 is 9.80 Å². The molecule has 0 aliphatic carbocycles. The van der Waals surface area contributed by atoms with Gasteiger partial charge in [-0.3, -0.25) is 18.6 Å². The first-order valence-corrected chi connectivity index (χ1v) is 11.1. The van der Waals surface area contributed by atoms with E-state index in [1.807, 2.05) is 20.7 Å². The van der Waals surface area contributed by atoms with Crippen LogP contribution in [0.4, 0.5) is 5.95 Å². The predicted octanol–water partition coefficient (Wildman–Crippen LogP) is 1.10. The van der Waals surface area contributed by atoms with Crippen LogP contribution in [0.25, 0.3) is 16.0 Å². The first-order chi connectivity index (χ1) is 15.1. The molecular weight excluding hydrogens is 416 g/mol. The number of piperazine rings is 1. The number of rotatable bonds is 5. The van der Waals surface area contributed by atoms with E-state index in [0.717, 1.165) is 24.4 Å². The lowest BCUT2D eigenvalue weighted by Gasteiger charge is -2.34. The highest BCUT2D eigenvalue weighted by atomic mass is 32.1. The van der Waals surface area contributed by atoms with Gasteiger partial charge in [-0.05, 0) is 23.9 Å². The highest BCUT2D eigenvalue weighted by Gasteiger charge is 2.22. The summed E-state index contributed by atoms with van der Waals surface area (Å²) in [6.45, 7) is 2.80. The first-order valence-electron chi connectivity index (χ1n) is 10.2. The third-order valence-corrected chi connectivity index (χ3v) is 6.55. The molecule has 0 radical (unpaired) electrons. The minimum Gasteiger partial charge on any atom is -0.339 e. The zero-order valence-corrected chi connectivity index (χ0v) is 18.0. The zero-order chi connectivity index (χ0) is 21.4. The number of thiophene rings is 1. The van der Waals surface area contributed by atoms with Crippen molar-refractivity contribution in [1.82, 2.24) is 34.0 Å². The van der Waals surface area contributed by atoms with Crippen LogP contribution in [0.1, 0.15) is 18.7 Å². The summed E-state index contributed by atoms with van der Waals surface area (Å²) < 4.78 is 4.14. The molecule has 1 saturated heterocycles. The van der Waals surface area contributed by atoms with Crippen molar-refractivity contribution < 1.29 is 4.79 Å². The number of fused-ring (bicyclic) bond motifs is 3. The highest BCUT2D eigenvalue weighted by Crippen LogP contribution is 2.20. The van der Waals surface area contributed by atoms with Gasteiger partial charge in [0.1, 0.15) is 10.5 Å². The van der Waals surface area contributed by atoms with E-state index in [1.54, 1.807) is 25.5 Å². The smallest absolute Gasteiger partial charge is 0.272 e. The van der Waals surface area contributed by atoms with Crippen LogP contribution in [-0.2, 0) is 18.3 Å². The molecule has 160 valence electrons. The number of nitrogens with zero attached hydrogens (tertiary/aromatic N) is 8. The number of amides is 1. The first kappa shape index (κ1) is 19.6. The maximum atomic E-state index is 12.7. The fourth-order valence-corrected chi connectivity index (χ4v) is 4.83. The number of aryl methyl sites for hydroxylation is 2. The minimum atomic E-state index is -0.0633. The van der Waals surface area contributed by atoms with Gasteiger partial charge in [0.05, 0.1) is 5.52 Å². The molecule has 5 rings (SSSR count). The molecule has 0 bridgehead atoms. The molecule has 10 nitrogen and oxygen atoms in total. The van der Waals surface area contributed by atoms with E-state index in [2.05, 4.69) is 25.1 Å². The number of carbonyl (C=O) groups excluding carboxylic acids is 1. The van der Waals surface area contributed by atoms with Crippen molar-refractivity contribution in [3.63, 3.8) is 0 Å². The summed E-state index contributed by atoms with van der Waals surface area (Å²) in [5.74, 6) is 2.15. The number of hydrogen-bond donors (Lipinski definition) is 0. The number of aromatic nitrogens is 6. The SMILES string of the molecule is Cn1c(=O)c2sccc2n2c(CCCC(=O)N3CCN(c4ncccn4)CC3)nnc12. The van der Waals surface area contributed by atoms with Crippen molar-refractivity contribution in [1.29, 1.82) is 0 Å². The molecule has 0 atom stereocenters. The van der Waals surface area contributed by atoms with Crippen molar-refractivity contribution in [2.24, 2.45) is 7.05 Å². The molecule has 1 amide bonds. The summed E-state index contributed by atoms with van der Waals surface area (Å²) in [4.78, 5) is 37.7. The summed E-state index contributed by atoms with van der Waals surface area (Å²) in [6.07, 6.45) is 5.21. The van der Waals surface area contributed by atoms with Crippen LogP contribution in [0, 0.1) is 0 Å². The fourth-order valence-electron chi connectivity index (χ4n) is 3.98. The maximum absolute atomic E-state index is 12.7. The topological polar surface area (TPSA) is 102 Å². The summed E-state index contributed by atoms with van der Waals surface area (Å²) in [5, 5.41) is 10.4. The van der Waals surface area contributed by atoms with E-state index >= 15 is 0 Å². The Balaban J connectivity index is 1.22. The van der Waals surface area contributed by atoms with E-state index in [9.17, 15) is 9.59 Å². The zero-order valence-electron chi connectivity index (χ0n) is 17.1. The van der Waals surface area contributed by atoms with Crippen LogP contribution in [-0.4, -0.2) is 66.1 Å². The molecule has 1 fully saturated rings. The third-order valence-electron chi connectivity index (χ3n) is 5.66. The van der Waals surface area contributed by atoms with E-state index in [1.165, 1.54) is 15.9 Å². The number of anilines is 1. The number of carbonyl (C=O) groups is 1. The highest BCUT2D eigenvalue weighted by molar-refractivity contribution is 7.17. The molecule has 0 N–H and O–H groups in total. The van der Waals surface area contributed by atoms with Crippen molar-refractivity contribution in [2.45, 2.75) is 19.3 Å². The average Bonchev–Trinajstić information content (AvgIpc) is 3.45. The molecule has 5 heterocycles. The summed E-state index contributed by atoms with van der Waals surface area (Å²) >= 11 is 1.42. The Labute approximate surface area is 181 Å². The third kappa shape index (κ3) is 3.54. The van der Waals surface area contributed by atoms with Gasteiger partial charge in [0, 0.05) is 58.5 Å². The van der Waals surface area contributed by atoms with Crippen molar-refractivity contribution in [2.75, 3.05) is 31.1 Å². The predicted molar refractivity (Wildman–Crippen MR) is 117 cm³/mol. The van der Waals surface area contributed by atoms with Gasteiger partial charge in [-0.1, -0.05) is 0 Å². The molecule has 1 aliphatic heterocycles. The lowest BCUT2D eigenvalue weighted by molar-refractivity contribution is -0.131. The second kappa shape index (κ2) is 8.06. The summed E-state index contributed by atoms with van der Waals surface area (Å²) in [7, 11) is 1.71. The second-order valence-corrected chi connectivity index (χ2v) is 8.44. The van der Waals surface area contributed by atoms with Gasteiger partial charge >= 0.3 is 0 Å². The van der Waals surface area contributed by atoms with Crippen molar-refractivity contribution >= 4 is 39.2 Å². The van der Waals surface area contributed by atoms with Crippen LogP contribution >= 0.6 is 11.3 Å². The fraction of sp³-hybridized carbons (Fsp3) is 0.400. The molecule has 1 aliphatic rings. The molecule has 31 heavy (non-hydrogen) atoms. The molecular formula is C20H22N8O2S. The van der Waals surface area contributed by atoms with Gasteiger partial charge in [0.25, 0.3) is 5.56 Å². The second-order valence-electron chi connectivity index (χ2n) is 7.52. The molecule has 11 heteroatoms.